The first-order chi connectivity index (χ1) is 13.9. The Bertz CT molecular complexity index is 1120. The molecule has 12 heteroatoms. The number of halogens is 6. The summed E-state index contributed by atoms with van der Waals surface area (Å²) in [4.78, 5) is 24.1. The zero-order valence-electron chi connectivity index (χ0n) is 15.0. The fourth-order valence-corrected chi connectivity index (χ4v) is 1.95. The van der Waals surface area contributed by atoms with Gasteiger partial charge in [0.15, 0.2) is 5.58 Å². The van der Waals surface area contributed by atoms with Gasteiger partial charge in [-0.1, -0.05) is 12.1 Å². The second kappa shape index (κ2) is 10.4. The van der Waals surface area contributed by atoms with Crippen LogP contribution in [0.15, 0.2) is 69.6 Å². The Balaban J connectivity index is 0.000000314. The van der Waals surface area contributed by atoms with E-state index in [4.69, 9.17) is 14.3 Å². The summed E-state index contributed by atoms with van der Waals surface area (Å²) in [5.41, 5.74) is 1.67. The van der Waals surface area contributed by atoms with E-state index >= 15 is 0 Å². The first kappa shape index (κ1) is 26.1. The fourth-order valence-electron chi connectivity index (χ4n) is 1.95. The summed E-state index contributed by atoms with van der Waals surface area (Å²) in [6.45, 7) is 0. The van der Waals surface area contributed by atoms with Crippen molar-refractivity contribution in [2.24, 2.45) is 0 Å². The molecule has 1 aromatic heterocycles. The molecule has 0 amide bonds. The molecule has 0 bridgehead atoms. The van der Waals surface area contributed by atoms with Gasteiger partial charge in [0.2, 0.25) is 5.76 Å². The molecule has 0 saturated heterocycles. The zero-order chi connectivity index (χ0) is 22.5. The maximum absolute atomic E-state index is 11.8. The third-order valence-electron chi connectivity index (χ3n) is 3.31. The summed E-state index contributed by atoms with van der Waals surface area (Å²) in [6, 6.07) is 17.4. The van der Waals surface area contributed by atoms with Crippen molar-refractivity contribution >= 4 is 16.9 Å². The van der Waals surface area contributed by atoms with Gasteiger partial charge >= 0.3 is 23.8 Å². The number of nitrogens with zero attached hydrogens (tertiary/aromatic N) is 1. The summed E-state index contributed by atoms with van der Waals surface area (Å²) in [5, 5.41) is 7.97. The molecule has 3 aromatic rings. The van der Waals surface area contributed by atoms with Crippen LogP contribution in [0.25, 0.3) is 22.4 Å². The van der Waals surface area contributed by atoms with E-state index in [9.17, 15) is 31.1 Å². The molecular weight excluding hydrogens is 612 g/mol. The van der Waals surface area contributed by atoms with Gasteiger partial charge in [0.25, 0.3) is 0 Å². The number of carbonyl (C=O) groups excluding carboxylic acids is 1. The Morgan fingerprint density at radius 1 is 1.03 bits per heavy atom. The molecule has 0 atom stereocenters. The Kier molecular flexibility index (Phi) is 8.71. The van der Waals surface area contributed by atoms with Crippen molar-refractivity contribution in [1.29, 1.82) is 0 Å². The van der Waals surface area contributed by atoms with E-state index in [0.29, 0.717) is 22.4 Å². The van der Waals surface area contributed by atoms with Crippen LogP contribution in [-0.2, 0) is 20.1 Å². The number of alkyl halides is 6. The van der Waals surface area contributed by atoms with Gasteiger partial charge in [-0.05, 0) is 12.1 Å². The molecule has 0 fully saturated rings. The van der Waals surface area contributed by atoms with Gasteiger partial charge in [-0.2, -0.15) is 26.3 Å². The van der Waals surface area contributed by atoms with E-state index in [0.717, 1.165) is 0 Å². The van der Waals surface area contributed by atoms with Gasteiger partial charge in [0.05, 0.1) is 17.3 Å². The van der Waals surface area contributed by atoms with E-state index in [1.165, 1.54) is 0 Å². The Hall–Kier alpha value is -2.98. The average molecular weight is 624 g/mol. The number of hydrogen-bond acceptors (Lipinski definition) is 4. The number of aromatic nitrogens is 1. The largest absolute Gasteiger partial charge is 0.509 e. The molecule has 0 aliphatic rings. The van der Waals surface area contributed by atoms with Gasteiger partial charge in [-0.3, -0.25) is 14.6 Å². The summed E-state index contributed by atoms with van der Waals surface area (Å²) >= 11 is 0. The van der Waals surface area contributed by atoms with Gasteiger partial charge in [-0.15, -0.1) is 35.9 Å². The molecule has 31 heavy (non-hydrogen) atoms. The molecule has 0 saturated carbocycles. The van der Waals surface area contributed by atoms with Crippen molar-refractivity contribution in [3.63, 3.8) is 0 Å². The predicted octanol–water partition coefficient (Wildman–Crippen LogP) is 4.75. The molecular formula is C19H11F6IrNO4. The van der Waals surface area contributed by atoms with Crippen LogP contribution in [0.2, 0.25) is 0 Å². The maximum Gasteiger partial charge on any atom is 0.509 e. The van der Waals surface area contributed by atoms with Gasteiger partial charge in [0.1, 0.15) is 0 Å². The predicted molar refractivity (Wildman–Crippen MR) is 94.3 cm³/mol. The quantitative estimate of drug-likeness (QED) is 0.147. The normalized spacial score (nSPS) is 11.9. The summed E-state index contributed by atoms with van der Waals surface area (Å²) in [5.74, 6) is -5.02. The van der Waals surface area contributed by atoms with E-state index in [2.05, 4.69) is 11.1 Å². The smallest absolute Gasteiger partial charge is 0.504 e. The van der Waals surface area contributed by atoms with Crippen LogP contribution < -0.4 is 5.63 Å². The SMILES string of the molecule is O/C(=C\C(=[OH+])C(F)(F)F)C(F)(F)F.O=c1oc2ccccc2nc1-c1[c-]cccc1.[Ir]. The monoisotopic (exact) mass is 624 g/mol. The van der Waals surface area contributed by atoms with Crippen molar-refractivity contribution in [2.45, 2.75) is 12.4 Å². The molecule has 5 nitrogen and oxygen atoms in total. The van der Waals surface area contributed by atoms with Crippen molar-refractivity contribution in [3.8, 4) is 11.3 Å². The third-order valence-corrected chi connectivity index (χ3v) is 3.31. The topological polar surface area (TPSA) is 84.7 Å². The van der Waals surface area contributed by atoms with Gasteiger partial charge in [-0.25, -0.2) is 0 Å². The van der Waals surface area contributed by atoms with Crippen LogP contribution in [0.4, 0.5) is 26.3 Å². The summed E-state index contributed by atoms with van der Waals surface area (Å²) in [6.07, 6.45) is -11.4. The van der Waals surface area contributed by atoms with Crippen molar-refractivity contribution in [1.82, 2.24) is 4.98 Å². The number of benzene rings is 2. The van der Waals surface area contributed by atoms with E-state index < -0.39 is 35.6 Å². The van der Waals surface area contributed by atoms with Crippen LogP contribution in [0.1, 0.15) is 0 Å². The van der Waals surface area contributed by atoms with Crippen LogP contribution in [0, 0.1) is 6.07 Å². The fraction of sp³-hybridized carbons (Fsp3) is 0.105. The number of hydrogen-bond donors (Lipinski definition) is 1. The number of para-hydroxylation sites is 2. The standard InChI is InChI=1S/C14H8NO2.C5H2F6O2.Ir/c16-14-13(10-6-2-1-3-7-10)15-11-8-4-5-9-12(11)17-14;6-4(7,8)2(12)1-3(13)5(9,10)11;/h1-6,8-9H;1,12H;/q-1;;/p+1/b;2-1-;. The number of fused-ring (bicyclic) bond motifs is 1. The summed E-state index contributed by atoms with van der Waals surface area (Å²) < 4.78 is 73.5. The minimum absolute atomic E-state index is 0. The van der Waals surface area contributed by atoms with E-state index in [1.54, 1.807) is 24.3 Å². The maximum atomic E-state index is 11.8. The van der Waals surface area contributed by atoms with Crippen molar-refractivity contribution < 1.29 is 60.8 Å². The molecule has 3 rings (SSSR count). The number of ketones is 1. The van der Waals surface area contributed by atoms with Crippen LogP contribution in [0.3, 0.4) is 0 Å². The van der Waals surface area contributed by atoms with E-state index in [-0.39, 0.29) is 20.1 Å². The molecule has 1 radical (unpaired) electrons. The summed E-state index contributed by atoms with van der Waals surface area (Å²) in [7, 11) is 0. The third kappa shape index (κ3) is 7.33. The zero-order valence-corrected chi connectivity index (χ0v) is 17.4. The molecule has 1 heterocycles. The Morgan fingerprint density at radius 2 is 1.65 bits per heavy atom. The Labute approximate surface area is 183 Å². The number of aliphatic hydroxyl groups excluding tert-OH is 1. The molecule has 167 valence electrons. The first-order valence-corrected chi connectivity index (χ1v) is 7.87. The number of rotatable bonds is 2. The molecule has 2 aromatic carbocycles. The van der Waals surface area contributed by atoms with Gasteiger partial charge in [0, 0.05) is 20.1 Å². The average Bonchev–Trinajstić information content (AvgIpc) is 2.67. The molecule has 0 unspecified atom stereocenters. The molecule has 0 aliphatic heterocycles. The van der Waals surface area contributed by atoms with Crippen LogP contribution in [-0.4, -0.2) is 33.0 Å². The number of allylic oxidation sites excluding steroid dienone is 2. The molecule has 0 aliphatic carbocycles. The number of aliphatic hydroxyl groups is 1. The molecule has 2 N–H and O–H groups in total. The second-order valence-corrected chi connectivity index (χ2v) is 5.50. The Morgan fingerprint density at radius 3 is 2.19 bits per heavy atom. The van der Waals surface area contributed by atoms with Gasteiger partial charge < -0.3 is 9.52 Å². The molecule has 0 spiro atoms. The van der Waals surface area contributed by atoms with Crippen molar-refractivity contribution in [2.75, 3.05) is 0 Å². The van der Waals surface area contributed by atoms with Crippen molar-refractivity contribution in [3.05, 3.63) is 76.9 Å². The minimum atomic E-state index is -5.31. The van der Waals surface area contributed by atoms with Crippen LogP contribution in [0.5, 0.6) is 0 Å². The minimum Gasteiger partial charge on any atom is -0.504 e. The van der Waals surface area contributed by atoms with Crippen LogP contribution >= 0.6 is 0 Å². The second-order valence-electron chi connectivity index (χ2n) is 5.50. The van der Waals surface area contributed by atoms with E-state index in [1.807, 2.05) is 24.3 Å². The first-order valence-electron chi connectivity index (χ1n) is 7.87.